The Balaban J connectivity index is 1.56. The number of aromatic nitrogens is 4. The first-order valence-corrected chi connectivity index (χ1v) is 11.1. The molecule has 0 atom stereocenters. The minimum absolute atomic E-state index is 0.745. The van der Waals surface area contributed by atoms with E-state index in [9.17, 15) is 0 Å². The highest BCUT2D eigenvalue weighted by Gasteiger charge is 2.12. The van der Waals surface area contributed by atoms with Gasteiger partial charge in [-0.05, 0) is 23.6 Å². The average molecular weight is 408 g/mol. The lowest BCUT2D eigenvalue weighted by molar-refractivity contribution is 0.743. The molecule has 0 spiro atoms. The maximum absolute atomic E-state index is 4.61. The molecule has 3 aromatic heterocycles. The van der Waals surface area contributed by atoms with E-state index in [0.717, 1.165) is 53.7 Å². The first kappa shape index (κ1) is 18.7. The van der Waals surface area contributed by atoms with Crippen molar-refractivity contribution < 1.29 is 0 Å². The van der Waals surface area contributed by atoms with Crippen molar-refractivity contribution in [3.05, 3.63) is 75.9 Å². The third-order valence-electron chi connectivity index (χ3n) is 4.48. The summed E-state index contributed by atoms with van der Waals surface area (Å²) in [5.74, 6) is 0.757. The number of benzene rings is 1. The zero-order valence-electron chi connectivity index (χ0n) is 15.7. The van der Waals surface area contributed by atoms with E-state index >= 15 is 0 Å². The molecular formula is C21H21N5S2. The second kappa shape index (κ2) is 9.03. The molecule has 0 saturated heterocycles. The number of hydrogen-bond donors (Lipinski definition) is 0. The fourth-order valence-corrected chi connectivity index (χ4v) is 4.17. The number of anilines is 1. The van der Waals surface area contributed by atoms with Crippen LogP contribution in [0.5, 0.6) is 0 Å². The second-order valence-electron chi connectivity index (χ2n) is 6.43. The second-order valence-corrected chi connectivity index (χ2v) is 8.05. The van der Waals surface area contributed by atoms with Gasteiger partial charge < -0.3 is 4.90 Å². The first-order chi connectivity index (χ1) is 13.8. The molecule has 28 heavy (non-hydrogen) atoms. The summed E-state index contributed by atoms with van der Waals surface area (Å²) in [7, 11) is 0. The van der Waals surface area contributed by atoms with Gasteiger partial charge in [-0.3, -0.25) is 0 Å². The Morgan fingerprint density at radius 2 is 1.93 bits per heavy atom. The topological polar surface area (TPSA) is 54.8 Å². The van der Waals surface area contributed by atoms with Crippen LogP contribution in [0.3, 0.4) is 0 Å². The van der Waals surface area contributed by atoms with E-state index in [4.69, 9.17) is 0 Å². The summed E-state index contributed by atoms with van der Waals surface area (Å²) in [4.78, 5) is 20.3. The van der Waals surface area contributed by atoms with Crippen molar-refractivity contribution in [1.29, 1.82) is 0 Å². The molecule has 0 N–H and O–H groups in total. The third kappa shape index (κ3) is 4.61. The average Bonchev–Trinajstić information content (AvgIpc) is 3.46. The van der Waals surface area contributed by atoms with Crippen LogP contribution in [-0.2, 0) is 19.4 Å². The van der Waals surface area contributed by atoms with Gasteiger partial charge in [-0.2, -0.15) is 0 Å². The van der Waals surface area contributed by atoms with Crippen molar-refractivity contribution >= 4 is 28.6 Å². The largest absolute Gasteiger partial charge is 0.336 e. The van der Waals surface area contributed by atoms with Gasteiger partial charge in [0.25, 0.3) is 0 Å². The minimum Gasteiger partial charge on any atom is -0.336 e. The van der Waals surface area contributed by atoms with Gasteiger partial charge in [0.1, 0.15) is 5.01 Å². The van der Waals surface area contributed by atoms with E-state index in [1.807, 2.05) is 29.5 Å². The summed E-state index contributed by atoms with van der Waals surface area (Å²) in [6.07, 6.45) is 7.49. The molecule has 0 saturated carbocycles. The van der Waals surface area contributed by atoms with E-state index in [2.05, 4.69) is 61.4 Å². The van der Waals surface area contributed by atoms with Crippen LogP contribution in [0.4, 0.5) is 5.95 Å². The fraction of sp³-hybridized carbons (Fsp3) is 0.238. The van der Waals surface area contributed by atoms with Gasteiger partial charge in [0.2, 0.25) is 5.95 Å². The highest BCUT2D eigenvalue weighted by atomic mass is 32.1. The quantitative estimate of drug-likeness (QED) is 0.417. The maximum Gasteiger partial charge on any atom is 0.225 e. The number of rotatable bonds is 8. The van der Waals surface area contributed by atoms with Gasteiger partial charge in [0.05, 0.1) is 11.2 Å². The van der Waals surface area contributed by atoms with Crippen LogP contribution in [-0.4, -0.2) is 26.5 Å². The van der Waals surface area contributed by atoms with E-state index in [-0.39, 0.29) is 0 Å². The van der Waals surface area contributed by atoms with Crippen LogP contribution < -0.4 is 4.90 Å². The zero-order chi connectivity index (χ0) is 19.2. The fourth-order valence-electron chi connectivity index (χ4n) is 2.94. The Morgan fingerprint density at radius 1 is 1.04 bits per heavy atom. The molecule has 4 aromatic rings. The Bertz CT molecular complexity index is 982. The van der Waals surface area contributed by atoms with Gasteiger partial charge in [-0.25, -0.2) is 19.9 Å². The van der Waals surface area contributed by atoms with E-state index in [0.29, 0.717) is 0 Å². The first-order valence-electron chi connectivity index (χ1n) is 9.23. The molecule has 0 fully saturated rings. The summed E-state index contributed by atoms with van der Waals surface area (Å²) in [6.45, 7) is 3.67. The number of hydrogen-bond acceptors (Lipinski definition) is 7. The van der Waals surface area contributed by atoms with E-state index < -0.39 is 0 Å². The molecule has 0 radical (unpaired) electrons. The Hall–Kier alpha value is -2.64. The molecule has 1 aromatic carbocycles. The molecule has 7 heteroatoms. The van der Waals surface area contributed by atoms with Crippen LogP contribution in [0.2, 0.25) is 0 Å². The number of thiazole rings is 2. The molecule has 3 heterocycles. The van der Waals surface area contributed by atoms with Crippen molar-refractivity contribution in [2.24, 2.45) is 0 Å². The van der Waals surface area contributed by atoms with Crippen molar-refractivity contribution in [2.75, 3.05) is 11.4 Å². The van der Waals surface area contributed by atoms with Crippen LogP contribution >= 0.6 is 22.7 Å². The number of nitrogens with zero attached hydrogens (tertiary/aromatic N) is 5. The van der Waals surface area contributed by atoms with Crippen molar-refractivity contribution in [2.45, 2.75) is 26.3 Å². The molecule has 0 bridgehead atoms. The lowest BCUT2D eigenvalue weighted by Crippen LogP contribution is -2.27. The molecule has 0 unspecified atom stereocenters. The summed E-state index contributed by atoms with van der Waals surface area (Å²) in [5.41, 5.74) is 6.50. The van der Waals surface area contributed by atoms with E-state index in [1.165, 1.54) is 5.56 Å². The molecule has 0 aliphatic rings. The van der Waals surface area contributed by atoms with Gasteiger partial charge >= 0.3 is 0 Å². The highest BCUT2D eigenvalue weighted by Crippen LogP contribution is 2.23. The summed E-state index contributed by atoms with van der Waals surface area (Å²) < 4.78 is 0. The van der Waals surface area contributed by atoms with Gasteiger partial charge in [-0.1, -0.05) is 25.1 Å². The Labute approximate surface area is 172 Å². The summed E-state index contributed by atoms with van der Waals surface area (Å²) >= 11 is 3.29. The predicted octanol–water partition coefficient (Wildman–Crippen LogP) is 4.87. The molecular weight excluding hydrogens is 386 g/mol. The van der Waals surface area contributed by atoms with Crippen LogP contribution in [0, 0.1) is 0 Å². The Kier molecular flexibility index (Phi) is 6.04. The van der Waals surface area contributed by atoms with Gasteiger partial charge in [-0.15, -0.1) is 22.7 Å². The van der Waals surface area contributed by atoms with Crippen molar-refractivity contribution in [1.82, 2.24) is 19.9 Å². The predicted molar refractivity (Wildman–Crippen MR) is 116 cm³/mol. The van der Waals surface area contributed by atoms with E-state index in [1.54, 1.807) is 22.7 Å². The maximum atomic E-state index is 4.61. The molecule has 0 aliphatic heterocycles. The summed E-state index contributed by atoms with van der Waals surface area (Å²) in [5, 5.41) is 5.15. The molecule has 5 nitrogen and oxygen atoms in total. The van der Waals surface area contributed by atoms with Gasteiger partial charge in [0, 0.05) is 54.4 Å². The molecule has 142 valence electrons. The normalized spacial score (nSPS) is 10.9. The standard InChI is InChI=1S/C21H21N5S2/c1-2-16-11-23-21(24-12-16)26(8-6-19-14-27-15-25-19)13-17-4-3-5-18(10-17)20-22-7-9-28-20/h3-5,7,9-12,14-15H,2,6,8,13H2,1H3. The zero-order valence-corrected chi connectivity index (χ0v) is 17.3. The SMILES string of the molecule is CCc1cnc(N(CCc2cscn2)Cc2cccc(-c3nccs3)c2)nc1. The lowest BCUT2D eigenvalue weighted by Gasteiger charge is -2.22. The Morgan fingerprint density at radius 3 is 2.64 bits per heavy atom. The minimum atomic E-state index is 0.745. The third-order valence-corrected chi connectivity index (χ3v) is 5.94. The van der Waals surface area contributed by atoms with Crippen LogP contribution in [0.25, 0.3) is 10.6 Å². The highest BCUT2D eigenvalue weighted by molar-refractivity contribution is 7.13. The molecule has 4 rings (SSSR count). The lowest BCUT2D eigenvalue weighted by atomic mass is 10.1. The van der Waals surface area contributed by atoms with Crippen LogP contribution in [0.1, 0.15) is 23.7 Å². The van der Waals surface area contributed by atoms with Crippen molar-refractivity contribution in [3.63, 3.8) is 0 Å². The smallest absolute Gasteiger partial charge is 0.225 e. The van der Waals surface area contributed by atoms with Gasteiger partial charge in [0.15, 0.2) is 0 Å². The molecule has 0 amide bonds. The van der Waals surface area contributed by atoms with Crippen molar-refractivity contribution in [3.8, 4) is 10.6 Å². The molecule has 0 aliphatic carbocycles. The number of aryl methyl sites for hydroxylation is 1. The summed E-state index contributed by atoms with van der Waals surface area (Å²) in [6, 6.07) is 8.54. The van der Waals surface area contributed by atoms with Crippen LogP contribution in [0.15, 0.2) is 59.1 Å². The monoisotopic (exact) mass is 407 g/mol.